The number of aryl methyl sites for hydroxylation is 2. The Morgan fingerprint density at radius 3 is 1.15 bits per heavy atom. The van der Waals surface area contributed by atoms with Crippen LogP contribution in [0.3, 0.4) is 0 Å². The van der Waals surface area contributed by atoms with Gasteiger partial charge in [0.25, 0.3) is 0 Å². The average Bonchev–Trinajstić information content (AvgIpc) is 0.858. The second-order valence-electron chi connectivity index (χ2n) is 30.1. The van der Waals surface area contributed by atoms with Gasteiger partial charge >= 0.3 is 0 Å². The molecule has 18 unspecified atom stereocenters. The van der Waals surface area contributed by atoms with E-state index in [9.17, 15) is 9.59 Å². The summed E-state index contributed by atoms with van der Waals surface area (Å²) in [4.78, 5) is 61.4. The first-order valence-corrected chi connectivity index (χ1v) is 31.6. The Labute approximate surface area is 484 Å². The van der Waals surface area contributed by atoms with Gasteiger partial charge in [0.1, 0.15) is 0 Å². The van der Waals surface area contributed by atoms with E-state index in [1.807, 2.05) is 26.8 Å². The van der Waals surface area contributed by atoms with Gasteiger partial charge in [0.15, 0.2) is 0 Å². The van der Waals surface area contributed by atoms with Crippen LogP contribution in [0.1, 0.15) is 148 Å². The van der Waals surface area contributed by atoms with Gasteiger partial charge in [-0.2, -0.15) is 0 Å². The van der Waals surface area contributed by atoms with Gasteiger partial charge in [-0.25, -0.2) is 4.90 Å². The van der Waals surface area contributed by atoms with Crippen molar-refractivity contribution >= 4 is 50.9 Å². The van der Waals surface area contributed by atoms with E-state index < -0.39 is 17.4 Å². The minimum absolute atomic E-state index is 0.0429. The Balaban J connectivity index is 0.738. The van der Waals surface area contributed by atoms with E-state index in [2.05, 4.69) is 141 Å². The number of likely N-dealkylation sites (tertiary alicyclic amines) is 1. The fourth-order valence-electron chi connectivity index (χ4n) is 21.2. The number of hydrogen-bond donors (Lipinski definition) is 0. The summed E-state index contributed by atoms with van der Waals surface area (Å²) in [6.07, 6.45) is 4.03. The van der Waals surface area contributed by atoms with Crippen molar-refractivity contribution in [1.82, 2.24) is 4.90 Å². The molecule has 9 fully saturated rings. The lowest BCUT2D eigenvalue weighted by molar-refractivity contribution is -0.298. The number of hydrogen-bond acceptors (Lipinski definition) is 8. The van der Waals surface area contributed by atoms with E-state index in [0.29, 0.717) is 66.9 Å². The number of rotatable bonds is 4. The highest BCUT2D eigenvalue weighted by Gasteiger charge is 2.75. The minimum Gasteiger partial charge on any atom is -0.370 e. The predicted octanol–water partition coefficient (Wildman–Crippen LogP) is 13.3. The summed E-state index contributed by atoms with van der Waals surface area (Å²) in [5.74, 6) is -0.115. The Hall–Kier alpha value is -5.26. The second kappa shape index (κ2) is 18.1. The topological polar surface area (TPSA) is 112 Å². The van der Waals surface area contributed by atoms with Crippen LogP contribution in [0, 0.1) is 73.0 Å². The third-order valence-electron chi connectivity index (χ3n) is 23.6. The molecule has 0 spiro atoms. The van der Waals surface area contributed by atoms with Gasteiger partial charge < -0.3 is 18.9 Å². The van der Waals surface area contributed by atoms with E-state index in [1.54, 1.807) is 4.90 Å². The molecule has 5 aromatic carbocycles. The van der Waals surface area contributed by atoms with Crippen molar-refractivity contribution in [2.45, 2.75) is 205 Å². The molecule has 10 nitrogen and oxygen atoms in total. The molecule has 4 amide bonds. The molecule has 4 heterocycles. The third-order valence-corrected chi connectivity index (χ3v) is 23.6. The number of ether oxygens (including phenoxy) is 4. The Kier molecular flexibility index (Phi) is 11.8. The molecule has 10 heteroatoms. The molecule has 2 bridgehead atoms. The molecule has 82 heavy (non-hydrogen) atoms. The molecule has 11 aliphatic rings. The van der Waals surface area contributed by atoms with E-state index in [4.69, 9.17) is 18.9 Å². The van der Waals surface area contributed by atoms with Crippen molar-refractivity contribution in [3.63, 3.8) is 0 Å². The SMILES string of the molecule is Cc1cc(-c2cc(C)c(C(C)(C)C)c3ccccc23)c2ccccc2c1N1C(=O)C2CC3OC4CC5C(CC4OC3CC2C1=O)C1(C(C)C)c2ccccc2C5(C(C)C)C2CC3OC4CC5C(=O)N(C(C)(C)C)C(=O)C5CC4OC3CC21. The number of imide groups is 2. The van der Waals surface area contributed by atoms with Crippen LogP contribution in [0.5, 0.6) is 0 Å². The fraction of sp³-hybridized carbons (Fsp3) is 0.583. The molecular weight excluding hydrogens is 1020 g/mol. The Morgan fingerprint density at radius 1 is 0.439 bits per heavy atom. The molecular formula is C72H84N2O8. The van der Waals surface area contributed by atoms with E-state index in [-0.39, 0.29) is 101 Å². The van der Waals surface area contributed by atoms with Crippen LogP contribution in [-0.2, 0) is 54.4 Å². The van der Waals surface area contributed by atoms with Crippen molar-refractivity contribution in [2.75, 3.05) is 4.90 Å². The first kappa shape index (κ1) is 53.5. The number of carbonyl (C=O) groups excluding carboxylic acids is 4. The van der Waals surface area contributed by atoms with Crippen molar-refractivity contribution in [2.24, 2.45) is 59.2 Å². The summed E-state index contributed by atoms with van der Waals surface area (Å²) in [6.45, 7) is 26.8. The number of benzene rings is 5. The molecule has 4 aliphatic heterocycles. The molecule has 7 aliphatic carbocycles. The summed E-state index contributed by atoms with van der Waals surface area (Å²) in [7, 11) is 0. The maximum Gasteiger partial charge on any atom is 0.237 e. The van der Waals surface area contributed by atoms with Crippen LogP contribution >= 0.6 is 0 Å². The van der Waals surface area contributed by atoms with Crippen molar-refractivity contribution in [3.8, 4) is 11.1 Å². The highest BCUT2D eigenvalue weighted by atomic mass is 16.6. The van der Waals surface area contributed by atoms with E-state index in [1.165, 1.54) is 37.9 Å². The van der Waals surface area contributed by atoms with Gasteiger partial charge in [-0.3, -0.25) is 24.1 Å². The number of carbonyl (C=O) groups is 4. The monoisotopic (exact) mass is 1100 g/mol. The van der Waals surface area contributed by atoms with Gasteiger partial charge in [-0.15, -0.1) is 0 Å². The fourth-order valence-corrected chi connectivity index (χ4v) is 21.2. The quantitative estimate of drug-likeness (QED) is 0.164. The molecule has 16 rings (SSSR count). The lowest BCUT2D eigenvalue weighted by Gasteiger charge is -2.76. The first-order valence-electron chi connectivity index (χ1n) is 31.6. The van der Waals surface area contributed by atoms with Crippen LogP contribution < -0.4 is 4.90 Å². The number of nitrogens with zero attached hydrogens (tertiary/aromatic N) is 2. The van der Waals surface area contributed by atoms with Gasteiger partial charge in [0, 0.05) is 21.8 Å². The standard InChI is InChI=1S/C72H84N2O8/c1-35(2)71-49-23-17-18-24-50(49)72(36(3)4,54-34-62-61(33-53(54)71)81-57-29-47-48(30-58(57)82-62)68(78)74(67(47)77)70(10,11)12)52-32-60-59(31-51(52)71)79-55-27-45-46(28-56(55)80-60)66(76)73(65(45)75)64-38(6)26-44(40-20-14-16-22-42(40)64)43-25-37(5)63(69(7,8)9)41-21-15-13-19-39(41)43/h13-26,35-36,45-48,51-62H,27-34H2,1-12H3. The molecule has 430 valence electrons. The molecule has 5 aromatic rings. The summed E-state index contributed by atoms with van der Waals surface area (Å²) in [5.41, 5.74) is 8.52. The minimum atomic E-state index is -0.574. The van der Waals surface area contributed by atoms with Crippen LogP contribution in [0.25, 0.3) is 32.7 Å². The zero-order chi connectivity index (χ0) is 57.2. The van der Waals surface area contributed by atoms with Crippen molar-refractivity contribution in [1.29, 1.82) is 0 Å². The van der Waals surface area contributed by atoms with E-state index in [0.717, 1.165) is 53.1 Å². The zero-order valence-corrected chi connectivity index (χ0v) is 50.3. The van der Waals surface area contributed by atoms with Crippen LogP contribution in [0.2, 0.25) is 0 Å². The third kappa shape index (κ3) is 7.07. The summed E-state index contributed by atoms with van der Waals surface area (Å²) in [6, 6.07) is 31.1. The smallest absolute Gasteiger partial charge is 0.237 e. The van der Waals surface area contributed by atoms with Gasteiger partial charge in [0.05, 0.1) is 78.2 Å². The first-order chi connectivity index (χ1) is 39.0. The Bertz CT molecular complexity index is 3420. The maximum absolute atomic E-state index is 15.2. The lowest BCUT2D eigenvalue weighted by Crippen LogP contribution is -2.76. The van der Waals surface area contributed by atoms with Gasteiger partial charge in [0.2, 0.25) is 23.6 Å². The number of anilines is 1. The molecule has 0 N–H and O–H groups in total. The van der Waals surface area contributed by atoms with Crippen LogP contribution in [0.15, 0.2) is 84.9 Å². The van der Waals surface area contributed by atoms with E-state index >= 15 is 9.59 Å². The molecule has 18 atom stereocenters. The largest absolute Gasteiger partial charge is 0.370 e. The normalized spacial score (nSPS) is 38.3. The predicted molar refractivity (Wildman–Crippen MR) is 318 cm³/mol. The van der Waals surface area contributed by atoms with Crippen LogP contribution in [0.4, 0.5) is 5.69 Å². The summed E-state index contributed by atoms with van der Waals surface area (Å²) < 4.78 is 29.6. The second-order valence-corrected chi connectivity index (χ2v) is 30.1. The van der Waals surface area contributed by atoms with Gasteiger partial charge in [-0.1, -0.05) is 127 Å². The highest BCUT2D eigenvalue weighted by molar-refractivity contribution is 6.26. The maximum atomic E-state index is 15.2. The number of amides is 4. The molecule has 5 saturated carbocycles. The van der Waals surface area contributed by atoms with Crippen LogP contribution in [-0.4, -0.2) is 82.9 Å². The zero-order valence-electron chi connectivity index (χ0n) is 50.3. The molecule has 0 radical (unpaired) electrons. The highest BCUT2D eigenvalue weighted by Crippen LogP contribution is 2.76. The molecule has 4 saturated heterocycles. The average molecular weight is 1110 g/mol. The van der Waals surface area contributed by atoms with Crippen molar-refractivity contribution < 1.29 is 38.1 Å². The number of fused-ring (bicyclic) bond motifs is 8. The Morgan fingerprint density at radius 2 is 0.768 bits per heavy atom. The molecule has 0 aromatic heterocycles. The summed E-state index contributed by atoms with van der Waals surface area (Å²) >= 11 is 0. The van der Waals surface area contributed by atoms with Crippen molar-refractivity contribution in [3.05, 3.63) is 113 Å². The lowest BCUT2D eigenvalue weighted by atomic mass is 9.29. The van der Waals surface area contributed by atoms with Gasteiger partial charge in [-0.05, 0) is 188 Å². The summed E-state index contributed by atoms with van der Waals surface area (Å²) in [5, 5.41) is 4.38.